The normalized spacial score (nSPS) is 15.9. The Labute approximate surface area is 268 Å². The average Bonchev–Trinajstić information content (AvgIpc) is 3.40. The molecule has 2 atom stereocenters. The Kier molecular flexibility index (Phi) is 9.44. The zero-order valence-corrected chi connectivity index (χ0v) is 25.6. The van der Waals surface area contributed by atoms with Crippen LogP contribution in [0.5, 0.6) is 0 Å². The van der Waals surface area contributed by atoms with Crippen LogP contribution in [-0.4, -0.2) is 65.6 Å². The van der Waals surface area contributed by atoms with Crippen LogP contribution in [0.1, 0.15) is 39.9 Å². The second kappa shape index (κ2) is 13.5. The summed E-state index contributed by atoms with van der Waals surface area (Å²) in [6.45, 7) is 2.12. The van der Waals surface area contributed by atoms with Crippen LogP contribution in [0.3, 0.4) is 0 Å². The average molecular weight is 647 g/mol. The van der Waals surface area contributed by atoms with Crippen molar-refractivity contribution in [1.82, 2.24) is 20.0 Å². The van der Waals surface area contributed by atoms with Gasteiger partial charge in [-0.3, -0.25) is 29.5 Å². The van der Waals surface area contributed by atoms with Gasteiger partial charge in [-0.25, -0.2) is 9.07 Å². The number of likely N-dealkylation sites (N-methyl/N-ethyl adjacent to an activating group) is 1. The summed E-state index contributed by atoms with van der Waals surface area (Å²) in [5.74, 6) is 1.77. The van der Waals surface area contributed by atoms with Crippen molar-refractivity contribution < 1.29 is 31.9 Å². The maximum Gasteiger partial charge on any atom is 0.416 e. The molecular weight excluding hydrogens is 616 g/mol. The number of rotatable bonds is 7. The van der Waals surface area contributed by atoms with E-state index in [1.807, 2.05) is 0 Å². The Hall–Kier alpha value is -5.48. The molecule has 0 bridgehead atoms. The van der Waals surface area contributed by atoms with Gasteiger partial charge in [-0.2, -0.15) is 13.2 Å². The Morgan fingerprint density at radius 3 is 2.34 bits per heavy atom. The Bertz CT molecular complexity index is 1860. The van der Waals surface area contributed by atoms with Gasteiger partial charge in [-0.1, -0.05) is 42.3 Å². The van der Waals surface area contributed by atoms with E-state index in [-0.39, 0.29) is 17.9 Å². The van der Waals surface area contributed by atoms with Crippen LogP contribution >= 0.6 is 0 Å². The van der Waals surface area contributed by atoms with E-state index >= 15 is 0 Å². The van der Waals surface area contributed by atoms with E-state index in [1.165, 1.54) is 39.9 Å². The number of hydrogen-bond acceptors (Lipinski definition) is 5. The second-order valence-corrected chi connectivity index (χ2v) is 11.0. The highest BCUT2D eigenvalue weighted by Crippen LogP contribution is 2.45. The molecule has 13 heteroatoms. The molecule has 242 valence electrons. The quantitative estimate of drug-likeness (QED) is 0.222. The number of aromatic nitrogens is 2. The third-order valence-corrected chi connectivity index (χ3v) is 7.44. The van der Waals surface area contributed by atoms with Crippen LogP contribution in [0.4, 0.5) is 29.2 Å². The van der Waals surface area contributed by atoms with Crippen molar-refractivity contribution in [2.24, 2.45) is 0 Å². The predicted octanol–water partition coefficient (Wildman–Crippen LogP) is 4.83. The fourth-order valence-electron chi connectivity index (χ4n) is 5.35. The van der Waals surface area contributed by atoms with Crippen LogP contribution in [0.25, 0.3) is 5.69 Å². The van der Waals surface area contributed by atoms with E-state index < -0.39 is 47.2 Å². The summed E-state index contributed by atoms with van der Waals surface area (Å²) in [7, 11) is 3.59. The van der Waals surface area contributed by atoms with Crippen molar-refractivity contribution in [3.05, 3.63) is 107 Å². The number of benzene rings is 3. The standard InChI is InChI=1S/C34H30F4N6O3/c1-4-43-32-28(30(39-26(45)14-9-19-42(2)3)41-44(32)25-12-6-5-7-13-25)27(21-15-17-24(35)18-16-21)29(33(43)47)40-31(46)22-10-8-11-23(20-22)34(36,37)38/h5-8,10-13,15-18,20,27,29H,4,19H2,1-3H3,(H,40,46)(H,39,41,45). The van der Waals surface area contributed by atoms with Crippen molar-refractivity contribution in [2.75, 3.05) is 37.4 Å². The molecule has 0 spiro atoms. The summed E-state index contributed by atoms with van der Waals surface area (Å²) in [5.41, 5.74) is -0.0911. The summed E-state index contributed by atoms with van der Waals surface area (Å²) in [6, 6.07) is 16.5. The number of amides is 3. The summed E-state index contributed by atoms with van der Waals surface area (Å²) in [5, 5.41) is 10.0. The van der Waals surface area contributed by atoms with Gasteiger partial charge in [-0.15, -0.1) is 5.10 Å². The minimum Gasteiger partial charge on any atom is -0.339 e. The van der Waals surface area contributed by atoms with E-state index in [4.69, 9.17) is 0 Å². The largest absolute Gasteiger partial charge is 0.416 e. The molecule has 1 aliphatic rings. The molecule has 2 unspecified atom stereocenters. The minimum absolute atomic E-state index is 0.0339. The SMILES string of the molecule is CCN1C(=O)C(NC(=O)c2cccc(C(F)(F)F)c2)C(c2ccc(F)cc2)c2c(NC(=O)C#CCN(C)C)nn(-c3ccccc3)c21. The molecule has 2 N–H and O–H groups in total. The number of alkyl halides is 3. The van der Waals surface area contributed by atoms with Crippen molar-refractivity contribution in [2.45, 2.75) is 25.1 Å². The first-order valence-corrected chi connectivity index (χ1v) is 14.6. The number of hydrogen-bond donors (Lipinski definition) is 2. The van der Waals surface area contributed by atoms with Gasteiger partial charge in [0.1, 0.15) is 17.7 Å². The first-order chi connectivity index (χ1) is 22.4. The second-order valence-electron chi connectivity index (χ2n) is 11.0. The van der Waals surface area contributed by atoms with Gasteiger partial charge >= 0.3 is 12.1 Å². The topological polar surface area (TPSA) is 99.6 Å². The molecule has 1 aliphatic heterocycles. The van der Waals surface area contributed by atoms with Crippen molar-refractivity contribution >= 4 is 29.4 Å². The summed E-state index contributed by atoms with van der Waals surface area (Å²) in [4.78, 5) is 44.0. The monoisotopic (exact) mass is 646 g/mol. The number of halogens is 4. The number of carbonyl (C=O) groups is 3. The lowest BCUT2D eigenvalue weighted by molar-refractivity contribution is -0.137. The van der Waals surface area contributed by atoms with Gasteiger partial charge in [0.05, 0.1) is 17.8 Å². The van der Waals surface area contributed by atoms with Gasteiger partial charge < -0.3 is 5.32 Å². The molecule has 5 rings (SSSR count). The highest BCUT2D eigenvalue weighted by Gasteiger charge is 2.46. The van der Waals surface area contributed by atoms with Gasteiger partial charge in [0.2, 0.25) is 0 Å². The van der Waals surface area contributed by atoms with Crippen LogP contribution in [-0.2, 0) is 15.8 Å². The molecule has 3 amide bonds. The zero-order chi connectivity index (χ0) is 33.9. The smallest absolute Gasteiger partial charge is 0.339 e. The maximum absolute atomic E-state index is 14.3. The molecule has 1 aromatic heterocycles. The van der Waals surface area contributed by atoms with Crippen molar-refractivity contribution in [3.8, 4) is 17.5 Å². The molecule has 0 fully saturated rings. The minimum atomic E-state index is -4.70. The summed E-state index contributed by atoms with van der Waals surface area (Å²) >= 11 is 0. The third kappa shape index (κ3) is 7.02. The van der Waals surface area contributed by atoms with Gasteiger partial charge in [-0.05, 0) is 75.0 Å². The molecule has 9 nitrogen and oxygen atoms in total. The van der Waals surface area contributed by atoms with Crippen LogP contribution in [0, 0.1) is 17.7 Å². The summed E-state index contributed by atoms with van der Waals surface area (Å²) in [6.07, 6.45) is -4.70. The first kappa shape index (κ1) is 32.9. The molecular formula is C34H30F4N6O3. The first-order valence-electron chi connectivity index (χ1n) is 14.6. The zero-order valence-electron chi connectivity index (χ0n) is 25.6. The molecule has 0 radical (unpaired) electrons. The lowest BCUT2D eigenvalue weighted by atomic mass is 9.81. The number of fused-ring (bicyclic) bond motifs is 1. The number of carbonyl (C=O) groups excluding carboxylic acids is 3. The third-order valence-electron chi connectivity index (χ3n) is 7.44. The molecule has 4 aromatic rings. The molecule has 3 aromatic carbocycles. The fourth-order valence-corrected chi connectivity index (χ4v) is 5.35. The Balaban J connectivity index is 1.69. The Morgan fingerprint density at radius 1 is 1.00 bits per heavy atom. The number of anilines is 2. The lowest BCUT2D eigenvalue weighted by Crippen LogP contribution is -2.55. The maximum atomic E-state index is 14.3. The fraction of sp³-hybridized carbons (Fsp3) is 0.235. The van der Waals surface area contributed by atoms with Crippen molar-refractivity contribution in [3.63, 3.8) is 0 Å². The predicted molar refractivity (Wildman–Crippen MR) is 167 cm³/mol. The van der Waals surface area contributed by atoms with Gasteiger partial charge in [0, 0.05) is 23.6 Å². The molecule has 0 saturated heterocycles. The van der Waals surface area contributed by atoms with Crippen LogP contribution < -0.4 is 15.5 Å². The number of nitrogens with zero attached hydrogens (tertiary/aromatic N) is 4. The van der Waals surface area contributed by atoms with E-state index in [2.05, 4.69) is 27.6 Å². The van der Waals surface area contributed by atoms with Gasteiger partial charge in [0.25, 0.3) is 11.8 Å². The highest BCUT2D eigenvalue weighted by atomic mass is 19.4. The molecule has 2 heterocycles. The van der Waals surface area contributed by atoms with E-state index in [1.54, 1.807) is 56.3 Å². The summed E-state index contributed by atoms with van der Waals surface area (Å²) < 4.78 is 56.0. The Morgan fingerprint density at radius 2 is 1.70 bits per heavy atom. The molecule has 47 heavy (non-hydrogen) atoms. The lowest BCUT2D eigenvalue weighted by Gasteiger charge is -2.38. The van der Waals surface area contributed by atoms with E-state index in [0.29, 0.717) is 35.2 Å². The molecule has 0 aliphatic carbocycles. The molecule has 0 saturated carbocycles. The van der Waals surface area contributed by atoms with Gasteiger partial charge in [0.15, 0.2) is 5.82 Å². The number of nitrogens with one attached hydrogen (secondary N) is 2. The van der Waals surface area contributed by atoms with E-state index in [9.17, 15) is 31.9 Å². The van der Waals surface area contributed by atoms with Crippen molar-refractivity contribution in [1.29, 1.82) is 0 Å². The van der Waals surface area contributed by atoms with Crippen LogP contribution in [0.15, 0.2) is 78.9 Å². The highest BCUT2D eigenvalue weighted by molar-refractivity contribution is 6.08. The van der Waals surface area contributed by atoms with Crippen LogP contribution in [0.2, 0.25) is 0 Å². The van der Waals surface area contributed by atoms with E-state index in [0.717, 1.165) is 12.1 Å². The number of para-hydroxylation sites is 1.